The molecule has 0 fully saturated rings. The molecule has 0 heterocycles. The Labute approximate surface area is 404 Å². The van der Waals surface area contributed by atoms with E-state index in [-0.39, 0.29) is 55.4 Å². The quantitative estimate of drug-likeness (QED) is 0.0294. The summed E-state index contributed by atoms with van der Waals surface area (Å²) in [6.07, 6.45) is 1.27. The second-order valence-electron chi connectivity index (χ2n) is 15.5. The number of azo groups is 2. The third-order valence-electron chi connectivity index (χ3n) is 10.7. The van der Waals surface area contributed by atoms with Crippen LogP contribution in [0, 0.1) is 0 Å². The van der Waals surface area contributed by atoms with Crippen LogP contribution in [-0.2, 0) is 49.1 Å². The molecule has 0 aromatic heterocycles. The first-order valence-corrected chi connectivity index (χ1v) is 26.7. The Morgan fingerprint density at radius 3 is 1.07 bits per heavy atom. The number of Topliss-reactive ketones (excluding diaryl/α,β-unsaturated/α-hetero) is 2. The van der Waals surface area contributed by atoms with Crippen LogP contribution in [-0.4, -0.2) is 123 Å². The summed E-state index contributed by atoms with van der Waals surface area (Å²) in [5, 5.41) is 20.8. The Bertz CT molecular complexity index is 2580. The summed E-state index contributed by atoms with van der Waals surface area (Å²) in [6, 6.07) is 18.1. The van der Waals surface area contributed by atoms with E-state index in [0.717, 1.165) is 53.1 Å². The average molecular weight is 1010 g/mol. The van der Waals surface area contributed by atoms with Crippen molar-refractivity contribution >= 4 is 76.0 Å². The summed E-state index contributed by atoms with van der Waals surface area (Å²) in [7, 11) is -11.6. The van der Waals surface area contributed by atoms with E-state index in [1.807, 2.05) is 27.7 Å². The molecule has 0 bridgehead atoms. The third kappa shape index (κ3) is 16.6. The molecule has 0 spiro atoms. The molecule has 0 aliphatic heterocycles. The molecule has 23 heteroatoms. The van der Waals surface area contributed by atoms with Crippen molar-refractivity contribution in [3.8, 4) is 0 Å². The summed E-state index contributed by atoms with van der Waals surface area (Å²) >= 11 is 0. The van der Waals surface area contributed by atoms with E-state index in [9.17, 15) is 44.4 Å². The molecule has 0 saturated heterocycles. The fourth-order valence-electron chi connectivity index (χ4n) is 6.53. The number of anilines is 2. The molecule has 4 aromatic carbocycles. The molecule has 372 valence electrons. The van der Waals surface area contributed by atoms with Crippen LogP contribution < -0.4 is 20.1 Å². The minimum atomic E-state index is -4.07. The summed E-state index contributed by atoms with van der Waals surface area (Å²) in [5.74, 6) is -2.90. The first-order valence-electron chi connectivity index (χ1n) is 22.3. The predicted molar refractivity (Wildman–Crippen MR) is 262 cm³/mol. The molecule has 20 nitrogen and oxygen atoms in total. The summed E-state index contributed by atoms with van der Waals surface area (Å²) in [4.78, 5) is 55.0. The number of ketones is 2. The number of rotatable bonds is 28. The SMILES string of the molecule is CCN(CC)CCCNS(=O)(=O)c1ccc(NC(=O)C(N=Nc2ccc(S(=O)(=O)c3ccc(N=NC(C(C)=O)C(=O)Nc4ccc(S(=O)(=O)NCCCN(CC)CC)cc4)cc3)cc2)C(C)=O)cc1. The van der Waals surface area contributed by atoms with Crippen molar-refractivity contribution in [1.82, 2.24) is 19.2 Å². The lowest BCUT2D eigenvalue weighted by atomic mass is 10.2. The van der Waals surface area contributed by atoms with Crippen LogP contribution in [0.3, 0.4) is 0 Å². The van der Waals surface area contributed by atoms with Crippen LogP contribution in [0.1, 0.15) is 54.4 Å². The number of carbonyl (C=O) groups excluding carboxylic acids is 4. The predicted octanol–water partition coefficient (Wildman–Crippen LogP) is 5.90. The van der Waals surface area contributed by atoms with Gasteiger partial charge in [-0.3, -0.25) is 19.2 Å². The molecular weight excluding hydrogens is 949 g/mol. The summed E-state index contributed by atoms with van der Waals surface area (Å²) in [5.41, 5.74) is 0.721. The number of carbonyl (C=O) groups is 4. The van der Waals surface area contributed by atoms with Crippen LogP contribution in [0.15, 0.2) is 137 Å². The normalized spacial score (nSPS) is 13.2. The van der Waals surface area contributed by atoms with Gasteiger partial charge < -0.3 is 20.4 Å². The van der Waals surface area contributed by atoms with E-state index in [1.54, 1.807) is 0 Å². The van der Waals surface area contributed by atoms with Gasteiger partial charge in [0, 0.05) is 24.5 Å². The molecule has 2 unspecified atom stereocenters. The van der Waals surface area contributed by atoms with E-state index in [1.165, 1.54) is 97.1 Å². The van der Waals surface area contributed by atoms with Crippen LogP contribution in [0.2, 0.25) is 0 Å². The lowest BCUT2D eigenvalue weighted by Gasteiger charge is -2.17. The van der Waals surface area contributed by atoms with Crippen molar-refractivity contribution in [2.75, 3.05) is 63.0 Å². The maximum absolute atomic E-state index is 13.5. The molecule has 4 aromatic rings. The van der Waals surface area contributed by atoms with E-state index < -0.39 is 65.3 Å². The zero-order valence-electron chi connectivity index (χ0n) is 39.5. The van der Waals surface area contributed by atoms with Gasteiger partial charge in [-0.15, -0.1) is 0 Å². The first-order chi connectivity index (χ1) is 32.7. The molecule has 0 aliphatic carbocycles. The Morgan fingerprint density at radius 1 is 0.478 bits per heavy atom. The van der Waals surface area contributed by atoms with Crippen molar-refractivity contribution in [2.24, 2.45) is 20.5 Å². The molecule has 0 saturated carbocycles. The van der Waals surface area contributed by atoms with Gasteiger partial charge in [0.05, 0.1) is 31.0 Å². The Morgan fingerprint density at radius 2 is 0.783 bits per heavy atom. The molecule has 69 heavy (non-hydrogen) atoms. The first kappa shape index (κ1) is 55.6. The van der Waals surface area contributed by atoms with Gasteiger partial charge in [0.15, 0.2) is 11.6 Å². The van der Waals surface area contributed by atoms with Crippen molar-refractivity contribution in [3.63, 3.8) is 0 Å². The van der Waals surface area contributed by atoms with E-state index in [2.05, 4.69) is 50.3 Å². The lowest BCUT2D eigenvalue weighted by molar-refractivity contribution is -0.127. The van der Waals surface area contributed by atoms with Crippen LogP contribution in [0.5, 0.6) is 0 Å². The number of nitrogens with zero attached hydrogens (tertiary/aromatic N) is 6. The topological polar surface area (TPSA) is 275 Å². The summed E-state index contributed by atoms with van der Waals surface area (Å²) in [6.45, 7) is 16.0. The number of hydrogen-bond acceptors (Lipinski definition) is 16. The molecule has 2 amide bonds. The Kier molecular flexibility index (Phi) is 21.1. The van der Waals surface area contributed by atoms with Gasteiger partial charge in [-0.2, -0.15) is 20.5 Å². The molecule has 2 atom stereocenters. The number of amides is 2. The van der Waals surface area contributed by atoms with E-state index in [4.69, 9.17) is 0 Å². The van der Waals surface area contributed by atoms with Gasteiger partial charge in [-0.25, -0.2) is 34.7 Å². The standard InChI is InChI=1S/C46H60N10O10S3/c1-7-55(8-2)31-11-29-47-68(63,64)41-25-13-35(14-26-41)49-45(59)43(33(5)57)53-51-37-17-21-39(22-18-37)67(61,62)40-23-19-38(20-24-40)52-54-44(34(6)58)46(60)50-36-15-27-42(28-16-36)69(65,66)48-30-12-32-56(9-3)10-4/h13-28,43-44,47-48H,7-12,29-32H2,1-6H3,(H,49,59)(H,50,60). The monoisotopic (exact) mass is 1010 g/mol. The fraction of sp³-hybridized carbons (Fsp3) is 0.391. The second-order valence-corrected chi connectivity index (χ2v) is 21.0. The van der Waals surface area contributed by atoms with E-state index in [0.29, 0.717) is 12.8 Å². The highest BCUT2D eigenvalue weighted by molar-refractivity contribution is 7.91. The molecule has 4 N–H and O–H groups in total. The zero-order valence-corrected chi connectivity index (χ0v) is 41.9. The van der Waals surface area contributed by atoms with Crippen molar-refractivity contribution in [3.05, 3.63) is 97.1 Å². The second kappa shape index (κ2) is 26.1. The Hall–Kier alpha value is -5.95. The largest absolute Gasteiger partial charge is 0.324 e. The van der Waals surface area contributed by atoms with Gasteiger partial charge in [0.2, 0.25) is 42.0 Å². The number of nitrogens with one attached hydrogen (secondary N) is 4. The van der Waals surface area contributed by atoms with E-state index >= 15 is 0 Å². The van der Waals surface area contributed by atoms with Gasteiger partial charge in [-0.05, 0) is 163 Å². The van der Waals surface area contributed by atoms with Crippen LogP contribution in [0.4, 0.5) is 22.7 Å². The lowest BCUT2D eigenvalue weighted by Crippen LogP contribution is -2.32. The maximum atomic E-state index is 13.5. The van der Waals surface area contributed by atoms with Crippen molar-refractivity contribution < 1.29 is 44.4 Å². The minimum Gasteiger partial charge on any atom is -0.324 e. The fourth-order valence-corrected chi connectivity index (χ4v) is 9.94. The molecular formula is C46H60N10O10S3. The molecule has 4 rings (SSSR count). The third-order valence-corrected chi connectivity index (χ3v) is 15.4. The molecule has 0 aliphatic rings. The van der Waals surface area contributed by atoms with Crippen LogP contribution >= 0.6 is 0 Å². The average Bonchev–Trinajstić information content (AvgIpc) is 3.32. The maximum Gasteiger partial charge on any atom is 0.258 e. The van der Waals surface area contributed by atoms with Crippen molar-refractivity contribution in [2.45, 2.75) is 86.0 Å². The number of sulfone groups is 1. The van der Waals surface area contributed by atoms with Crippen molar-refractivity contribution in [1.29, 1.82) is 0 Å². The number of benzene rings is 4. The highest BCUT2D eigenvalue weighted by Crippen LogP contribution is 2.26. The highest BCUT2D eigenvalue weighted by atomic mass is 32.2. The number of sulfonamides is 2. The number of hydrogen-bond donors (Lipinski definition) is 4. The Balaban J connectivity index is 1.33. The van der Waals surface area contributed by atoms with Gasteiger partial charge in [-0.1, -0.05) is 27.7 Å². The van der Waals surface area contributed by atoms with Gasteiger partial charge in [0.1, 0.15) is 0 Å². The minimum absolute atomic E-state index is 0.00283. The van der Waals surface area contributed by atoms with Gasteiger partial charge >= 0.3 is 0 Å². The van der Waals surface area contributed by atoms with Crippen LogP contribution in [0.25, 0.3) is 0 Å². The van der Waals surface area contributed by atoms with Gasteiger partial charge in [0.25, 0.3) is 11.8 Å². The zero-order chi connectivity index (χ0) is 50.8. The molecule has 0 radical (unpaired) electrons. The smallest absolute Gasteiger partial charge is 0.258 e. The highest BCUT2D eigenvalue weighted by Gasteiger charge is 2.26. The summed E-state index contributed by atoms with van der Waals surface area (Å²) < 4.78 is 83.1.